The Kier molecular flexibility index (Phi) is 2.51. The number of aromatic nitrogens is 2. The summed E-state index contributed by atoms with van der Waals surface area (Å²) in [5.74, 6) is 1.11. The van der Waals surface area contributed by atoms with E-state index in [1.807, 2.05) is 6.20 Å². The van der Waals surface area contributed by atoms with E-state index in [1.165, 1.54) is 16.5 Å². The number of rotatable bonds is 2. The highest BCUT2D eigenvalue weighted by Gasteiger charge is 2.10. The van der Waals surface area contributed by atoms with E-state index in [-0.39, 0.29) is 0 Å². The maximum Gasteiger partial charge on any atom is 0.0656 e. The molecular weight excluding hydrogens is 184 g/mol. The quantitative estimate of drug-likeness (QED) is 0.788. The number of nitrogens with zero attached hydrogens (tertiary/aromatic N) is 1. The summed E-state index contributed by atoms with van der Waals surface area (Å²) in [6, 6.07) is 4.52. The lowest BCUT2D eigenvalue weighted by Crippen LogP contribution is -1.94. The van der Waals surface area contributed by atoms with Crippen molar-refractivity contribution in [2.75, 3.05) is 0 Å². The Morgan fingerprint density at radius 1 is 1.07 bits per heavy atom. The average molecular weight is 202 g/mol. The molecule has 2 heteroatoms. The lowest BCUT2D eigenvalue weighted by molar-refractivity contribution is 0.841. The molecule has 1 heterocycles. The van der Waals surface area contributed by atoms with E-state index in [9.17, 15) is 0 Å². The van der Waals surface area contributed by atoms with Crippen molar-refractivity contribution in [3.63, 3.8) is 0 Å². The van der Waals surface area contributed by atoms with E-state index in [4.69, 9.17) is 0 Å². The van der Waals surface area contributed by atoms with Crippen molar-refractivity contribution >= 4 is 10.9 Å². The van der Waals surface area contributed by atoms with Gasteiger partial charge in [0.25, 0.3) is 0 Å². The molecule has 0 atom stereocenters. The molecule has 15 heavy (non-hydrogen) atoms. The van der Waals surface area contributed by atoms with Crippen LogP contribution in [0, 0.1) is 0 Å². The first-order valence-corrected chi connectivity index (χ1v) is 5.56. The fourth-order valence-electron chi connectivity index (χ4n) is 1.91. The third kappa shape index (κ3) is 1.76. The van der Waals surface area contributed by atoms with Gasteiger partial charge in [0.15, 0.2) is 0 Å². The second kappa shape index (κ2) is 3.69. The molecule has 0 radical (unpaired) electrons. The summed E-state index contributed by atoms with van der Waals surface area (Å²) in [5.41, 5.74) is 3.94. The second-order valence-electron chi connectivity index (χ2n) is 4.75. The van der Waals surface area contributed by atoms with E-state index >= 15 is 0 Å². The Morgan fingerprint density at radius 3 is 2.40 bits per heavy atom. The molecule has 1 N–H and O–H groups in total. The summed E-state index contributed by atoms with van der Waals surface area (Å²) in [4.78, 5) is 0. The monoisotopic (exact) mass is 202 g/mol. The fourth-order valence-corrected chi connectivity index (χ4v) is 1.91. The molecule has 0 aliphatic heterocycles. The number of aromatic amines is 1. The molecule has 1 aromatic carbocycles. The summed E-state index contributed by atoms with van der Waals surface area (Å²) >= 11 is 0. The number of hydrogen-bond acceptors (Lipinski definition) is 1. The zero-order chi connectivity index (χ0) is 11.0. The van der Waals surface area contributed by atoms with E-state index in [1.54, 1.807) is 0 Å². The third-order valence-corrected chi connectivity index (χ3v) is 2.90. The summed E-state index contributed by atoms with van der Waals surface area (Å²) < 4.78 is 0. The van der Waals surface area contributed by atoms with Crippen LogP contribution in [0.25, 0.3) is 10.9 Å². The maximum atomic E-state index is 4.12. The molecule has 0 aliphatic rings. The first kappa shape index (κ1) is 10.2. The number of nitrogens with one attached hydrogen (secondary N) is 1. The molecule has 0 saturated heterocycles. The number of hydrogen-bond donors (Lipinski definition) is 1. The van der Waals surface area contributed by atoms with Crippen LogP contribution in [0.5, 0.6) is 0 Å². The van der Waals surface area contributed by atoms with Crippen molar-refractivity contribution in [1.82, 2.24) is 10.2 Å². The molecule has 2 nitrogen and oxygen atoms in total. The molecule has 0 aliphatic carbocycles. The molecule has 0 saturated carbocycles. The van der Waals surface area contributed by atoms with Crippen molar-refractivity contribution < 1.29 is 0 Å². The average Bonchev–Trinajstić information content (AvgIpc) is 2.62. The van der Waals surface area contributed by atoms with Gasteiger partial charge in [-0.05, 0) is 29.0 Å². The number of H-pyrrole nitrogens is 1. The van der Waals surface area contributed by atoms with Crippen LogP contribution in [0.15, 0.2) is 18.3 Å². The standard InChI is InChI=1S/C13H18N2/c1-8(2)10-5-11(9(3)4)12-7-14-15-13(12)6-10/h5-9H,1-4H3,(H,14,15). The highest BCUT2D eigenvalue weighted by Crippen LogP contribution is 2.28. The van der Waals surface area contributed by atoms with Crippen molar-refractivity contribution in [2.24, 2.45) is 0 Å². The van der Waals surface area contributed by atoms with E-state index in [0.29, 0.717) is 11.8 Å². The zero-order valence-corrected chi connectivity index (χ0v) is 9.83. The van der Waals surface area contributed by atoms with Gasteiger partial charge in [0.2, 0.25) is 0 Å². The molecule has 0 spiro atoms. The van der Waals surface area contributed by atoms with Crippen LogP contribution in [0.4, 0.5) is 0 Å². The minimum atomic E-state index is 0.545. The molecular formula is C13H18N2. The van der Waals surface area contributed by atoms with Gasteiger partial charge >= 0.3 is 0 Å². The first-order chi connectivity index (χ1) is 7.09. The van der Waals surface area contributed by atoms with Gasteiger partial charge in [0, 0.05) is 5.39 Å². The van der Waals surface area contributed by atoms with Crippen molar-refractivity contribution in [3.05, 3.63) is 29.5 Å². The van der Waals surface area contributed by atoms with Gasteiger partial charge in [-0.2, -0.15) is 5.10 Å². The SMILES string of the molecule is CC(C)c1cc(C(C)C)c2cn[nH]c2c1. The van der Waals surface area contributed by atoms with Crippen LogP contribution in [-0.4, -0.2) is 10.2 Å². The second-order valence-corrected chi connectivity index (χ2v) is 4.75. The Balaban J connectivity index is 2.69. The van der Waals surface area contributed by atoms with Gasteiger partial charge in [0.1, 0.15) is 0 Å². The molecule has 0 amide bonds. The van der Waals surface area contributed by atoms with Crippen molar-refractivity contribution in [2.45, 2.75) is 39.5 Å². The summed E-state index contributed by atoms with van der Waals surface area (Å²) in [7, 11) is 0. The van der Waals surface area contributed by atoms with Gasteiger partial charge in [-0.25, -0.2) is 0 Å². The van der Waals surface area contributed by atoms with Gasteiger partial charge in [0.05, 0.1) is 11.7 Å². The fraction of sp³-hybridized carbons (Fsp3) is 0.462. The highest BCUT2D eigenvalue weighted by molar-refractivity contribution is 5.83. The van der Waals surface area contributed by atoms with E-state index < -0.39 is 0 Å². The van der Waals surface area contributed by atoms with Crippen LogP contribution in [0.3, 0.4) is 0 Å². The molecule has 0 unspecified atom stereocenters. The molecule has 0 fully saturated rings. The molecule has 2 rings (SSSR count). The predicted octanol–water partition coefficient (Wildman–Crippen LogP) is 3.81. The van der Waals surface area contributed by atoms with Crippen LogP contribution in [-0.2, 0) is 0 Å². The van der Waals surface area contributed by atoms with Crippen LogP contribution < -0.4 is 0 Å². The highest BCUT2D eigenvalue weighted by atomic mass is 15.1. The molecule has 2 aromatic rings. The normalized spacial score (nSPS) is 11.9. The van der Waals surface area contributed by atoms with Gasteiger partial charge in [-0.15, -0.1) is 0 Å². The Hall–Kier alpha value is -1.31. The lowest BCUT2D eigenvalue weighted by Gasteiger charge is -2.12. The topological polar surface area (TPSA) is 28.7 Å². The number of fused-ring (bicyclic) bond motifs is 1. The van der Waals surface area contributed by atoms with Crippen LogP contribution >= 0.6 is 0 Å². The Bertz CT molecular complexity index is 466. The Labute approximate surface area is 90.7 Å². The summed E-state index contributed by atoms with van der Waals surface area (Å²) in [5, 5.41) is 8.44. The minimum absolute atomic E-state index is 0.545. The molecule has 80 valence electrons. The van der Waals surface area contributed by atoms with Gasteiger partial charge in [-0.1, -0.05) is 33.8 Å². The van der Waals surface area contributed by atoms with E-state index in [0.717, 1.165) is 5.52 Å². The molecule has 1 aromatic heterocycles. The lowest BCUT2D eigenvalue weighted by atomic mass is 9.93. The number of benzene rings is 1. The maximum absolute atomic E-state index is 4.12. The molecule has 0 bridgehead atoms. The van der Waals surface area contributed by atoms with Gasteiger partial charge in [-0.3, -0.25) is 5.10 Å². The Morgan fingerprint density at radius 2 is 1.80 bits per heavy atom. The van der Waals surface area contributed by atoms with Crippen molar-refractivity contribution in [3.8, 4) is 0 Å². The summed E-state index contributed by atoms with van der Waals surface area (Å²) in [6.45, 7) is 8.90. The smallest absolute Gasteiger partial charge is 0.0656 e. The van der Waals surface area contributed by atoms with Crippen LogP contribution in [0.1, 0.15) is 50.7 Å². The zero-order valence-electron chi connectivity index (χ0n) is 9.83. The third-order valence-electron chi connectivity index (χ3n) is 2.90. The van der Waals surface area contributed by atoms with Crippen molar-refractivity contribution in [1.29, 1.82) is 0 Å². The minimum Gasteiger partial charge on any atom is -0.278 e. The van der Waals surface area contributed by atoms with Crippen LogP contribution in [0.2, 0.25) is 0 Å². The van der Waals surface area contributed by atoms with Gasteiger partial charge < -0.3 is 0 Å². The predicted molar refractivity (Wildman–Crippen MR) is 64.3 cm³/mol. The first-order valence-electron chi connectivity index (χ1n) is 5.56. The van der Waals surface area contributed by atoms with E-state index in [2.05, 4.69) is 50.0 Å². The largest absolute Gasteiger partial charge is 0.278 e. The summed E-state index contributed by atoms with van der Waals surface area (Å²) in [6.07, 6.45) is 1.93.